The van der Waals surface area contributed by atoms with Crippen LogP contribution in [0, 0.1) is 29.8 Å². The van der Waals surface area contributed by atoms with Crippen LogP contribution in [0.5, 0.6) is 0 Å². The first-order chi connectivity index (χ1) is 13.7. The van der Waals surface area contributed by atoms with Gasteiger partial charge < -0.3 is 9.73 Å². The quantitative estimate of drug-likeness (QED) is 0.357. The van der Waals surface area contributed by atoms with Crippen molar-refractivity contribution in [2.45, 2.75) is 31.2 Å². The number of thioether (sulfide) groups is 1. The number of benzene rings is 2. The summed E-state index contributed by atoms with van der Waals surface area (Å²) in [5.41, 5.74) is 2.43. The zero-order valence-corrected chi connectivity index (χ0v) is 16.6. The number of nitrogens with zero attached hydrogens (tertiary/aromatic N) is 3. The number of amides is 1. The Balaban J connectivity index is 1.67. The number of nitro groups is 1. The number of carbonyl (C=O) groups is 1. The normalized spacial score (nSPS) is 11.9. The van der Waals surface area contributed by atoms with Crippen molar-refractivity contribution in [1.29, 1.82) is 0 Å². The SMILES string of the molecule is Cc1ccc(-c2nnc(S[C@H](C)C(=O)Nc3ccc(F)c([N+](=O)[O-])c3)o2)cc1C. The molecule has 0 saturated heterocycles. The van der Waals surface area contributed by atoms with Crippen molar-refractivity contribution < 1.29 is 18.5 Å². The summed E-state index contributed by atoms with van der Waals surface area (Å²) in [4.78, 5) is 22.3. The van der Waals surface area contributed by atoms with Crippen molar-refractivity contribution in [3.8, 4) is 11.5 Å². The highest BCUT2D eigenvalue weighted by molar-refractivity contribution is 8.00. The van der Waals surface area contributed by atoms with E-state index in [1.54, 1.807) is 6.92 Å². The van der Waals surface area contributed by atoms with Gasteiger partial charge in [-0.15, -0.1) is 10.2 Å². The Bertz CT molecular complexity index is 1090. The van der Waals surface area contributed by atoms with E-state index < -0.39 is 27.6 Å². The molecular weight excluding hydrogens is 399 g/mol. The third-order valence-electron chi connectivity index (χ3n) is 4.22. The van der Waals surface area contributed by atoms with Gasteiger partial charge in [0.05, 0.1) is 10.2 Å². The number of hydrogen-bond donors (Lipinski definition) is 1. The molecule has 1 heterocycles. The van der Waals surface area contributed by atoms with Crippen molar-refractivity contribution in [1.82, 2.24) is 10.2 Å². The van der Waals surface area contributed by atoms with Crippen molar-refractivity contribution in [2.24, 2.45) is 0 Å². The Morgan fingerprint density at radius 2 is 1.97 bits per heavy atom. The number of halogens is 1. The van der Waals surface area contributed by atoms with Crippen LogP contribution in [0.15, 0.2) is 46.0 Å². The average molecular weight is 416 g/mol. The largest absolute Gasteiger partial charge is 0.411 e. The third-order valence-corrected chi connectivity index (χ3v) is 5.15. The second kappa shape index (κ2) is 8.39. The molecule has 0 aliphatic rings. The summed E-state index contributed by atoms with van der Waals surface area (Å²) < 4.78 is 19.0. The molecule has 8 nitrogen and oxygen atoms in total. The first-order valence-electron chi connectivity index (χ1n) is 8.57. The number of nitro benzene ring substituents is 1. The maximum absolute atomic E-state index is 13.4. The second-order valence-electron chi connectivity index (χ2n) is 6.34. The van der Waals surface area contributed by atoms with Gasteiger partial charge in [-0.25, -0.2) is 0 Å². The van der Waals surface area contributed by atoms with Gasteiger partial charge in [-0.3, -0.25) is 14.9 Å². The standard InChI is InChI=1S/C19H17FN4O4S/c1-10-4-5-13(8-11(10)2)18-22-23-19(28-18)29-12(3)17(25)21-14-6-7-15(20)16(9-14)24(26)27/h4-9,12H,1-3H3,(H,21,25)/t12-/m1/s1. The van der Waals surface area contributed by atoms with E-state index in [0.29, 0.717) is 5.89 Å². The first-order valence-corrected chi connectivity index (χ1v) is 9.45. The maximum atomic E-state index is 13.4. The van der Waals surface area contributed by atoms with Gasteiger partial charge in [-0.1, -0.05) is 17.8 Å². The van der Waals surface area contributed by atoms with Crippen molar-refractivity contribution in [2.75, 3.05) is 5.32 Å². The molecule has 0 spiro atoms. The number of nitrogens with one attached hydrogen (secondary N) is 1. The number of hydrogen-bond acceptors (Lipinski definition) is 7. The van der Waals surface area contributed by atoms with Crippen LogP contribution in [0.25, 0.3) is 11.5 Å². The molecule has 3 aromatic rings. The minimum absolute atomic E-state index is 0.122. The molecule has 0 aliphatic heterocycles. The van der Waals surface area contributed by atoms with E-state index in [2.05, 4.69) is 15.5 Å². The number of anilines is 1. The van der Waals surface area contributed by atoms with Crippen LogP contribution in [0.2, 0.25) is 0 Å². The highest BCUT2D eigenvalue weighted by atomic mass is 32.2. The fraction of sp³-hybridized carbons (Fsp3) is 0.211. The number of carbonyl (C=O) groups excluding carboxylic acids is 1. The minimum Gasteiger partial charge on any atom is -0.411 e. The third kappa shape index (κ3) is 4.77. The van der Waals surface area contributed by atoms with Gasteiger partial charge in [0.15, 0.2) is 0 Å². The Morgan fingerprint density at radius 3 is 2.66 bits per heavy atom. The molecule has 29 heavy (non-hydrogen) atoms. The molecule has 0 aliphatic carbocycles. The van der Waals surface area contributed by atoms with Gasteiger partial charge in [0.1, 0.15) is 0 Å². The molecule has 1 atom stereocenters. The lowest BCUT2D eigenvalue weighted by atomic mass is 10.1. The van der Waals surface area contributed by atoms with Gasteiger partial charge in [-0.2, -0.15) is 4.39 Å². The van der Waals surface area contributed by atoms with Gasteiger partial charge in [0.2, 0.25) is 17.6 Å². The topological polar surface area (TPSA) is 111 Å². The van der Waals surface area contributed by atoms with E-state index in [4.69, 9.17) is 4.42 Å². The average Bonchev–Trinajstić information content (AvgIpc) is 3.13. The van der Waals surface area contributed by atoms with Crippen LogP contribution >= 0.6 is 11.8 Å². The summed E-state index contributed by atoms with van der Waals surface area (Å²) in [6, 6.07) is 8.92. The smallest absolute Gasteiger partial charge is 0.306 e. The van der Waals surface area contributed by atoms with Gasteiger partial charge in [0, 0.05) is 17.3 Å². The van der Waals surface area contributed by atoms with E-state index in [0.717, 1.165) is 40.6 Å². The molecule has 2 aromatic carbocycles. The molecule has 0 radical (unpaired) electrons. The summed E-state index contributed by atoms with van der Waals surface area (Å²) in [7, 11) is 0. The summed E-state index contributed by atoms with van der Waals surface area (Å²) >= 11 is 1.05. The molecule has 0 saturated carbocycles. The van der Waals surface area contributed by atoms with E-state index in [9.17, 15) is 19.3 Å². The second-order valence-corrected chi connectivity index (χ2v) is 7.64. The highest BCUT2D eigenvalue weighted by Crippen LogP contribution is 2.28. The van der Waals surface area contributed by atoms with Crippen LogP contribution in [0.1, 0.15) is 18.1 Å². The minimum atomic E-state index is -0.972. The monoisotopic (exact) mass is 416 g/mol. The lowest BCUT2D eigenvalue weighted by Crippen LogP contribution is -2.22. The molecule has 1 aromatic heterocycles. The zero-order valence-electron chi connectivity index (χ0n) is 15.8. The van der Waals surface area contributed by atoms with Crippen LogP contribution in [0.4, 0.5) is 15.8 Å². The summed E-state index contributed by atoms with van der Waals surface area (Å²) in [5, 5.41) is 20.9. The maximum Gasteiger partial charge on any atom is 0.306 e. The van der Waals surface area contributed by atoms with Gasteiger partial charge >= 0.3 is 5.69 Å². The van der Waals surface area contributed by atoms with Crippen LogP contribution in [-0.2, 0) is 4.79 Å². The van der Waals surface area contributed by atoms with E-state index in [1.807, 2.05) is 32.0 Å². The Kier molecular flexibility index (Phi) is 5.92. The van der Waals surface area contributed by atoms with Crippen LogP contribution in [0.3, 0.4) is 0 Å². The fourth-order valence-corrected chi connectivity index (χ4v) is 3.11. The van der Waals surface area contributed by atoms with Crippen molar-refractivity contribution in [3.63, 3.8) is 0 Å². The Labute approximate surface area is 169 Å². The lowest BCUT2D eigenvalue weighted by molar-refractivity contribution is -0.387. The molecule has 1 amide bonds. The van der Waals surface area contributed by atoms with Gasteiger partial charge in [-0.05, 0) is 56.2 Å². The molecule has 1 N–H and O–H groups in total. The highest BCUT2D eigenvalue weighted by Gasteiger charge is 2.21. The zero-order chi connectivity index (χ0) is 21.1. The predicted octanol–water partition coefficient (Wildman–Crippen LogP) is 4.52. The van der Waals surface area contributed by atoms with Crippen LogP contribution < -0.4 is 5.32 Å². The Hall–Kier alpha value is -3.27. The molecule has 0 unspecified atom stereocenters. The lowest BCUT2D eigenvalue weighted by Gasteiger charge is -2.09. The van der Waals surface area contributed by atoms with Gasteiger partial charge in [0.25, 0.3) is 5.22 Å². The molecule has 0 fully saturated rings. The molecule has 3 rings (SSSR count). The predicted molar refractivity (Wildman–Crippen MR) is 106 cm³/mol. The van der Waals surface area contributed by atoms with E-state index >= 15 is 0 Å². The molecular formula is C19H17FN4O4S. The summed E-state index contributed by atoms with van der Waals surface area (Å²) in [6.07, 6.45) is 0. The molecule has 150 valence electrons. The Morgan fingerprint density at radius 1 is 1.21 bits per heavy atom. The summed E-state index contributed by atoms with van der Waals surface area (Å²) in [5.74, 6) is -1.07. The van der Waals surface area contributed by atoms with Crippen LogP contribution in [-0.4, -0.2) is 26.3 Å². The first kappa shape index (κ1) is 20.5. The van der Waals surface area contributed by atoms with Crippen molar-refractivity contribution in [3.05, 3.63) is 63.5 Å². The molecule has 10 heteroatoms. The van der Waals surface area contributed by atoms with E-state index in [-0.39, 0.29) is 10.9 Å². The number of aryl methyl sites for hydroxylation is 2. The number of rotatable bonds is 6. The molecule has 0 bridgehead atoms. The van der Waals surface area contributed by atoms with Crippen molar-refractivity contribution >= 4 is 29.0 Å². The fourth-order valence-electron chi connectivity index (χ4n) is 2.43. The number of aromatic nitrogens is 2. The summed E-state index contributed by atoms with van der Waals surface area (Å²) in [6.45, 7) is 5.61. The van der Waals surface area contributed by atoms with E-state index in [1.165, 1.54) is 6.07 Å².